The van der Waals surface area contributed by atoms with Crippen molar-refractivity contribution in [2.24, 2.45) is 0 Å². The summed E-state index contributed by atoms with van der Waals surface area (Å²) in [5, 5.41) is 13.7. The van der Waals surface area contributed by atoms with Crippen LogP contribution >= 0.6 is 0 Å². The number of aliphatic hydroxyl groups is 1. The molecule has 1 rings (SSSR count). The molecule has 0 aliphatic rings. The van der Waals surface area contributed by atoms with Gasteiger partial charge in [-0.25, -0.2) is 0 Å². The van der Waals surface area contributed by atoms with Crippen LogP contribution in [0.2, 0.25) is 0 Å². The van der Waals surface area contributed by atoms with E-state index in [4.69, 9.17) is 0 Å². The Morgan fingerprint density at radius 3 is 2.17 bits per heavy atom. The Bertz CT molecular complexity index is 345. The van der Waals surface area contributed by atoms with Gasteiger partial charge in [-0.1, -0.05) is 45.4 Å². The molecule has 3 nitrogen and oxygen atoms in total. The maximum atomic E-state index is 9.25. The van der Waals surface area contributed by atoms with Crippen LogP contribution in [0.25, 0.3) is 0 Å². The smallest absolute Gasteiger partial charge is 0.0718 e. The van der Waals surface area contributed by atoms with Gasteiger partial charge in [-0.2, -0.15) is 5.10 Å². The van der Waals surface area contributed by atoms with Gasteiger partial charge in [0, 0.05) is 17.8 Å². The van der Waals surface area contributed by atoms with Crippen LogP contribution in [-0.4, -0.2) is 14.9 Å². The molecule has 1 N–H and O–H groups in total. The molecule has 0 bridgehead atoms. The summed E-state index contributed by atoms with van der Waals surface area (Å²) in [6, 6.07) is 0. The zero-order chi connectivity index (χ0) is 13.4. The lowest BCUT2D eigenvalue weighted by Gasteiger charge is -2.05. The first-order chi connectivity index (χ1) is 8.70. The molecule has 0 fully saturated rings. The van der Waals surface area contributed by atoms with Crippen LogP contribution in [-0.2, 0) is 13.2 Å². The summed E-state index contributed by atoms with van der Waals surface area (Å²) in [6.45, 7) is 7.36. The quantitative estimate of drug-likeness (QED) is 0.680. The van der Waals surface area contributed by atoms with E-state index in [1.807, 2.05) is 18.5 Å². The molecule has 3 heteroatoms. The van der Waals surface area contributed by atoms with E-state index in [0.717, 1.165) is 23.5 Å². The minimum absolute atomic E-state index is 0.106. The number of rotatable bonds is 9. The number of hydrogen-bond donors (Lipinski definition) is 1. The molecular weight excluding hydrogens is 224 g/mol. The second kappa shape index (κ2) is 8.30. The summed E-state index contributed by atoms with van der Waals surface area (Å²) in [5.41, 5.74) is 3.09. The van der Waals surface area contributed by atoms with Gasteiger partial charge in [-0.3, -0.25) is 4.68 Å². The monoisotopic (exact) mass is 252 g/mol. The number of hydrogen-bond acceptors (Lipinski definition) is 2. The van der Waals surface area contributed by atoms with Gasteiger partial charge in [-0.15, -0.1) is 0 Å². The molecule has 1 aromatic heterocycles. The Labute approximate surface area is 111 Å². The topological polar surface area (TPSA) is 38.0 Å². The Morgan fingerprint density at radius 1 is 1.00 bits per heavy atom. The molecule has 0 aromatic carbocycles. The third-order valence-corrected chi connectivity index (χ3v) is 3.66. The molecule has 0 radical (unpaired) electrons. The van der Waals surface area contributed by atoms with E-state index in [2.05, 4.69) is 12.0 Å². The lowest BCUT2D eigenvalue weighted by molar-refractivity contribution is 0.280. The van der Waals surface area contributed by atoms with Gasteiger partial charge in [0.25, 0.3) is 0 Å². The average molecular weight is 252 g/mol. The predicted octanol–water partition coefficient (Wildman–Crippen LogP) is 3.74. The van der Waals surface area contributed by atoms with Crippen molar-refractivity contribution in [3.8, 4) is 0 Å². The van der Waals surface area contributed by atoms with E-state index in [1.165, 1.54) is 44.9 Å². The summed E-state index contributed by atoms with van der Waals surface area (Å²) in [6.07, 6.45) is 9.26. The molecule has 0 saturated heterocycles. The van der Waals surface area contributed by atoms with E-state index >= 15 is 0 Å². The molecule has 0 aliphatic carbocycles. The third kappa shape index (κ3) is 4.45. The van der Waals surface area contributed by atoms with Crippen LogP contribution in [0, 0.1) is 13.8 Å². The second-order valence-corrected chi connectivity index (χ2v) is 5.15. The molecule has 0 aliphatic heterocycles. The van der Waals surface area contributed by atoms with Gasteiger partial charge >= 0.3 is 0 Å². The molecule has 104 valence electrons. The number of nitrogens with zero attached hydrogens (tertiary/aromatic N) is 2. The van der Waals surface area contributed by atoms with Crippen molar-refractivity contribution in [3.05, 3.63) is 17.0 Å². The number of aryl methyl sites for hydroxylation is 2. The van der Waals surface area contributed by atoms with Gasteiger partial charge in [-0.05, 0) is 20.3 Å². The van der Waals surface area contributed by atoms with Crippen LogP contribution < -0.4 is 0 Å². The van der Waals surface area contributed by atoms with Crippen molar-refractivity contribution in [3.63, 3.8) is 0 Å². The van der Waals surface area contributed by atoms with Crippen molar-refractivity contribution in [2.75, 3.05) is 0 Å². The normalized spacial score (nSPS) is 11.1. The zero-order valence-corrected chi connectivity index (χ0v) is 12.2. The lowest BCUT2D eigenvalue weighted by atomic mass is 10.1. The number of aromatic nitrogens is 2. The van der Waals surface area contributed by atoms with Gasteiger partial charge in [0.15, 0.2) is 0 Å². The van der Waals surface area contributed by atoms with Crippen LogP contribution in [0.1, 0.15) is 68.8 Å². The molecule has 18 heavy (non-hydrogen) atoms. The Balaban J connectivity index is 2.23. The summed E-state index contributed by atoms with van der Waals surface area (Å²) in [7, 11) is 0. The van der Waals surface area contributed by atoms with Crippen LogP contribution in [0.4, 0.5) is 0 Å². The fourth-order valence-corrected chi connectivity index (χ4v) is 2.40. The average Bonchev–Trinajstić information content (AvgIpc) is 2.63. The summed E-state index contributed by atoms with van der Waals surface area (Å²) in [5.74, 6) is 0. The van der Waals surface area contributed by atoms with Gasteiger partial charge in [0.2, 0.25) is 0 Å². The first-order valence-electron chi connectivity index (χ1n) is 7.34. The molecule has 0 atom stereocenters. The molecule has 0 saturated carbocycles. The Morgan fingerprint density at radius 2 is 1.61 bits per heavy atom. The summed E-state index contributed by atoms with van der Waals surface area (Å²) >= 11 is 0. The van der Waals surface area contributed by atoms with Crippen molar-refractivity contribution in [1.29, 1.82) is 0 Å². The molecule has 1 aromatic rings. The maximum absolute atomic E-state index is 9.25. The maximum Gasteiger partial charge on any atom is 0.0718 e. The SMILES string of the molecule is CCCCCCCCCn1nc(C)c(CO)c1C. The first-order valence-corrected chi connectivity index (χ1v) is 7.34. The summed E-state index contributed by atoms with van der Waals surface area (Å²) < 4.78 is 2.05. The van der Waals surface area contributed by atoms with Crippen molar-refractivity contribution < 1.29 is 5.11 Å². The van der Waals surface area contributed by atoms with Crippen LogP contribution in [0.3, 0.4) is 0 Å². The minimum atomic E-state index is 0.106. The second-order valence-electron chi connectivity index (χ2n) is 5.15. The zero-order valence-electron chi connectivity index (χ0n) is 12.2. The van der Waals surface area contributed by atoms with Crippen LogP contribution in [0.15, 0.2) is 0 Å². The molecule has 0 amide bonds. The van der Waals surface area contributed by atoms with E-state index in [-0.39, 0.29) is 6.61 Å². The fourth-order valence-electron chi connectivity index (χ4n) is 2.40. The number of unbranched alkanes of at least 4 members (excludes halogenated alkanes) is 6. The van der Waals surface area contributed by atoms with Crippen molar-refractivity contribution >= 4 is 0 Å². The molecule has 1 heterocycles. The van der Waals surface area contributed by atoms with E-state index in [9.17, 15) is 5.11 Å². The Kier molecular flexibility index (Phi) is 7.02. The minimum Gasteiger partial charge on any atom is -0.392 e. The van der Waals surface area contributed by atoms with Crippen molar-refractivity contribution in [2.45, 2.75) is 78.9 Å². The highest BCUT2D eigenvalue weighted by Gasteiger charge is 2.09. The highest BCUT2D eigenvalue weighted by atomic mass is 16.3. The largest absolute Gasteiger partial charge is 0.392 e. The van der Waals surface area contributed by atoms with Gasteiger partial charge < -0.3 is 5.11 Å². The molecule has 0 spiro atoms. The van der Waals surface area contributed by atoms with E-state index in [1.54, 1.807) is 0 Å². The van der Waals surface area contributed by atoms with Gasteiger partial charge in [0.1, 0.15) is 0 Å². The molecule has 0 unspecified atom stereocenters. The molecular formula is C15H28N2O. The lowest BCUT2D eigenvalue weighted by Crippen LogP contribution is -2.03. The fraction of sp³-hybridized carbons (Fsp3) is 0.800. The highest BCUT2D eigenvalue weighted by molar-refractivity contribution is 5.23. The van der Waals surface area contributed by atoms with Gasteiger partial charge in [0.05, 0.1) is 12.3 Å². The number of aliphatic hydroxyl groups excluding tert-OH is 1. The van der Waals surface area contributed by atoms with Crippen LogP contribution in [0.5, 0.6) is 0 Å². The summed E-state index contributed by atoms with van der Waals surface area (Å²) in [4.78, 5) is 0. The highest BCUT2D eigenvalue weighted by Crippen LogP contribution is 2.14. The predicted molar refractivity (Wildman–Crippen MR) is 75.6 cm³/mol. The van der Waals surface area contributed by atoms with Crippen molar-refractivity contribution in [1.82, 2.24) is 9.78 Å². The Hall–Kier alpha value is -0.830. The standard InChI is InChI=1S/C15H28N2O/c1-4-5-6-7-8-9-10-11-17-14(3)15(12-18)13(2)16-17/h18H,4-12H2,1-3H3. The van der Waals surface area contributed by atoms with E-state index in [0.29, 0.717) is 0 Å². The third-order valence-electron chi connectivity index (χ3n) is 3.66. The first kappa shape index (κ1) is 15.2. The van der Waals surface area contributed by atoms with E-state index < -0.39 is 0 Å².